The highest BCUT2D eigenvalue weighted by Crippen LogP contribution is 2.37. The Labute approximate surface area is 196 Å². The molecule has 2 heterocycles. The number of ether oxygens (including phenoxy) is 2. The largest absolute Gasteiger partial charge is 0.471 e. The van der Waals surface area contributed by atoms with E-state index < -0.39 is 18.4 Å². The molecule has 2 aromatic carbocycles. The maximum atomic E-state index is 13.2. The van der Waals surface area contributed by atoms with Crippen LogP contribution in [-0.4, -0.2) is 56.1 Å². The lowest BCUT2D eigenvalue weighted by Crippen LogP contribution is -2.43. The van der Waals surface area contributed by atoms with Crippen molar-refractivity contribution in [2.24, 2.45) is 0 Å². The first kappa shape index (κ1) is 23.9. The van der Waals surface area contributed by atoms with E-state index in [4.69, 9.17) is 21.1 Å². The third-order valence-corrected chi connectivity index (χ3v) is 6.18. The van der Waals surface area contributed by atoms with Crippen LogP contribution in [0.25, 0.3) is 0 Å². The second-order valence-electron chi connectivity index (χ2n) is 8.16. The first-order valence-corrected chi connectivity index (χ1v) is 11.4. The van der Waals surface area contributed by atoms with Crippen LogP contribution in [-0.2, 0) is 27.1 Å². The Balaban J connectivity index is 1.50. The smallest absolute Gasteiger partial charge is 0.350 e. The van der Waals surface area contributed by atoms with E-state index in [1.165, 1.54) is 5.56 Å². The zero-order chi connectivity index (χ0) is 23.4. The van der Waals surface area contributed by atoms with Crippen molar-refractivity contribution in [2.75, 3.05) is 37.7 Å². The highest BCUT2D eigenvalue weighted by molar-refractivity contribution is 6.30. The van der Waals surface area contributed by atoms with Crippen LogP contribution >= 0.6 is 11.6 Å². The lowest BCUT2D eigenvalue weighted by Gasteiger charge is -2.29. The van der Waals surface area contributed by atoms with Gasteiger partial charge in [0.1, 0.15) is 0 Å². The van der Waals surface area contributed by atoms with Gasteiger partial charge in [-0.15, -0.1) is 0 Å². The number of amides is 1. The van der Waals surface area contributed by atoms with Crippen LogP contribution < -0.4 is 4.90 Å². The summed E-state index contributed by atoms with van der Waals surface area (Å²) in [5.41, 5.74) is 4.27. The number of carbonyl (C=O) groups excluding carboxylic acids is 1. The highest BCUT2D eigenvalue weighted by Gasteiger charge is 2.42. The Morgan fingerprint density at radius 2 is 1.73 bits per heavy atom. The van der Waals surface area contributed by atoms with Crippen molar-refractivity contribution in [2.45, 2.75) is 38.1 Å². The number of rotatable bonds is 7. The lowest BCUT2D eigenvalue weighted by atomic mass is 10.0. The van der Waals surface area contributed by atoms with Crippen LogP contribution in [0.2, 0.25) is 5.02 Å². The summed E-state index contributed by atoms with van der Waals surface area (Å²) >= 11 is 6.27. The fraction of sp³-hybridized carbons (Fsp3) is 0.458. The molecule has 0 radical (unpaired) electrons. The zero-order valence-corrected chi connectivity index (χ0v) is 18.9. The molecule has 1 fully saturated rings. The molecule has 0 unspecified atom stereocenters. The van der Waals surface area contributed by atoms with Crippen LogP contribution in [0.15, 0.2) is 42.5 Å². The SMILES string of the molecule is O=C(N(CCCN1c2ccccc2CCc2ccc(Cl)cc21)CCC1OCCO1)C(F)(F)F. The van der Waals surface area contributed by atoms with E-state index in [0.29, 0.717) is 31.2 Å². The predicted molar refractivity (Wildman–Crippen MR) is 120 cm³/mol. The van der Waals surface area contributed by atoms with Crippen molar-refractivity contribution in [3.05, 3.63) is 58.6 Å². The average molecular weight is 483 g/mol. The van der Waals surface area contributed by atoms with E-state index in [1.54, 1.807) is 0 Å². The second kappa shape index (κ2) is 10.3. The minimum atomic E-state index is -4.92. The zero-order valence-electron chi connectivity index (χ0n) is 18.1. The summed E-state index contributed by atoms with van der Waals surface area (Å²) < 4.78 is 50.2. The molecule has 4 rings (SSSR count). The van der Waals surface area contributed by atoms with Gasteiger partial charge in [-0.25, -0.2) is 0 Å². The Bertz CT molecular complexity index is 980. The minimum absolute atomic E-state index is 0.0281. The van der Waals surface area contributed by atoms with Gasteiger partial charge in [0.25, 0.3) is 0 Å². The van der Waals surface area contributed by atoms with Gasteiger partial charge in [0.2, 0.25) is 0 Å². The number of aryl methyl sites for hydroxylation is 2. The molecule has 1 amide bonds. The number of nitrogens with zero attached hydrogens (tertiary/aromatic N) is 2. The molecule has 0 atom stereocenters. The number of halogens is 4. The molecular formula is C24H26ClF3N2O3. The molecule has 2 aromatic rings. The number of anilines is 2. The van der Waals surface area contributed by atoms with E-state index in [2.05, 4.69) is 11.0 Å². The Hall–Kier alpha value is -2.29. The van der Waals surface area contributed by atoms with E-state index in [9.17, 15) is 18.0 Å². The van der Waals surface area contributed by atoms with Crippen molar-refractivity contribution < 1.29 is 27.4 Å². The summed E-state index contributed by atoms with van der Waals surface area (Å²) in [6, 6.07) is 13.8. The van der Waals surface area contributed by atoms with E-state index in [0.717, 1.165) is 34.7 Å². The van der Waals surface area contributed by atoms with Crippen molar-refractivity contribution >= 4 is 28.9 Å². The fourth-order valence-electron chi connectivity index (χ4n) is 4.37. The summed E-state index contributed by atoms with van der Waals surface area (Å²) in [6.07, 6.45) is -3.23. The number of alkyl halides is 3. The Morgan fingerprint density at radius 1 is 1.03 bits per heavy atom. The summed E-state index contributed by atoms with van der Waals surface area (Å²) in [6.45, 7) is 1.16. The number of fused-ring (bicyclic) bond motifs is 2. The number of benzene rings is 2. The normalized spacial score (nSPS) is 16.3. The van der Waals surface area contributed by atoms with Gasteiger partial charge in [0.05, 0.1) is 13.2 Å². The molecule has 9 heteroatoms. The third-order valence-electron chi connectivity index (χ3n) is 5.95. The highest BCUT2D eigenvalue weighted by atomic mass is 35.5. The van der Waals surface area contributed by atoms with E-state index in [-0.39, 0.29) is 19.5 Å². The van der Waals surface area contributed by atoms with Gasteiger partial charge in [0, 0.05) is 42.5 Å². The van der Waals surface area contributed by atoms with Crippen molar-refractivity contribution in [3.8, 4) is 0 Å². The van der Waals surface area contributed by atoms with Gasteiger partial charge in [-0.3, -0.25) is 4.79 Å². The van der Waals surface area contributed by atoms with E-state index >= 15 is 0 Å². The molecule has 0 saturated carbocycles. The number of carbonyl (C=O) groups is 1. The molecule has 178 valence electrons. The summed E-state index contributed by atoms with van der Waals surface area (Å²) in [7, 11) is 0. The van der Waals surface area contributed by atoms with E-state index in [1.807, 2.05) is 36.4 Å². The molecule has 2 aliphatic rings. The summed E-state index contributed by atoms with van der Waals surface area (Å²) in [4.78, 5) is 15.0. The standard InChI is InChI=1S/C24H26ClF3N2O3/c25-19-9-8-18-7-6-17-4-1-2-5-20(17)30(21(18)16-19)12-3-11-29(23(31)24(26,27)28)13-10-22-32-14-15-33-22/h1-2,4-5,8-9,16,22H,3,6-7,10-15H2. The first-order valence-electron chi connectivity index (χ1n) is 11.1. The maximum absolute atomic E-state index is 13.2. The van der Waals surface area contributed by atoms with Gasteiger partial charge in [0.15, 0.2) is 6.29 Å². The van der Waals surface area contributed by atoms with Crippen LogP contribution in [0, 0.1) is 0 Å². The van der Waals surface area contributed by atoms with Gasteiger partial charge in [-0.05, 0) is 48.6 Å². The van der Waals surface area contributed by atoms with Crippen LogP contribution in [0.4, 0.5) is 24.5 Å². The van der Waals surface area contributed by atoms with Crippen molar-refractivity contribution in [3.63, 3.8) is 0 Å². The lowest BCUT2D eigenvalue weighted by molar-refractivity contribution is -0.186. The number of hydrogen-bond acceptors (Lipinski definition) is 4. The molecule has 0 aromatic heterocycles. The topological polar surface area (TPSA) is 42.0 Å². The molecule has 0 bridgehead atoms. The predicted octanol–water partition coefficient (Wildman–Crippen LogP) is 5.12. The van der Waals surface area contributed by atoms with Gasteiger partial charge < -0.3 is 19.3 Å². The van der Waals surface area contributed by atoms with Crippen LogP contribution in [0.1, 0.15) is 24.0 Å². The molecule has 2 aliphatic heterocycles. The van der Waals surface area contributed by atoms with Crippen LogP contribution in [0.3, 0.4) is 0 Å². The maximum Gasteiger partial charge on any atom is 0.471 e. The van der Waals surface area contributed by atoms with Gasteiger partial charge >= 0.3 is 12.1 Å². The molecule has 1 saturated heterocycles. The Morgan fingerprint density at radius 3 is 2.45 bits per heavy atom. The number of hydrogen-bond donors (Lipinski definition) is 0. The van der Waals surface area contributed by atoms with Crippen LogP contribution in [0.5, 0.6) is 0 Å². The number of para-hydroxylation sites is 1. The quantitative estimate of drug-likeness (QED) is 0.549. The molecule has 33 heavy (non-hydrogen) atoms. The molecule has 5 nitrogen and oxygen atoms in total. The first-order chi connectivity index (χ1) is 15.8. The Kier molecular flexibility index (Phi) is 7.46. The fourth-order valence-corrected chi connectivity index (χ4v) is 4.54. The monoisotopic (exact) mass is 482 g/mol. The molecule has 0 spiro atoms. The van der Waals surface area contributed by atoms with Crippen molar-refractivity contribution in [1.29, 1.82) is 0 Å². The van der Waals surface area contributed by atoms with Gasteiger partial charge in [-0.2, -0.15) is 13.2 Å². The van der Waals surface area contributed by atoms with Crippen molar-refractivity contribution in [1.82, 2.24) is 4.90 Å². The second-order valence-corrected chi connectivity index (χ2v) is 8.59. The average Bonchev–Trinajstić information content (AvgIpc) is 3.26. The summed E-state index contributed by atoms with van der Waals surface area (Å²) in [5, 5.41) is 0.601. The minimum Gasteiger partial charge on any atom is -0.350 e. The van der Waals surface area contributed by atoms with Gasteiger partial charge in [-0.1, -0.05) is 35.9 Å². The molecule has 0 aliphatic carbocycles. The molecular weight excluding hydrogens is 457 g/mol. The third kappa shape index (κ3) is 5.80. The summed E-state index contributed by atoms with van der Waals surface area (Å²) in [5.74, 6) is -1.83. The molecule has 0 N–H and O–H groups in total.